The molecule has 0 bridgehead atoms. The van der Waals surface area contributed by atoms with E-state index in [0.29, 0.717) is 12.6 Å². The Bertz CT molecular complexity index is 296. The quantitative estimate of drug-likeness (QED) is 0.711. The van der Waals surface area contributed by atoms with Crippen molar-refractivity contribution in [3.05, 3.63) is 35.9 Å². The van der Waals surface area contributed by atoms with Crippen molar-refractivity contribution >= 4 is 0 Å². The molecule has 1 heterocycles. The summed E-state index contributed by atoms with van der Waals surface area (Å²) in [5.74, 6) is 0. The van der Waals surface area contributed by atoms with Gasteiger partial charge in [0.15, 0.2) is 0 Å². The van der Waals surface area contributed by atoms with Gasteiger partial charge in [-0.05, 0) is 31.5 Å². The Balaban J connectivity index is 1.77. The Morgan fingerprint density at radius 2 is 1.94 bits per heavy atom. The summed E-state index contributed by atoms with van der Waals surface area (Å²) in [5, 5.41) is 16.7. The average Bonchev–Trinajstić information content (AvgIpc) is 2.38. The summed E-state index contributed by atoms with van der Waals surface area (Å²) in [6.45, 7) is 2.81. The molecule has 0 unspecified atom stereocenters. The highest BCUT2D eigenvalue weighted by molar-refractivity contribution is 5.17. The summed E-state index contributed by atoms with van der Waals surface area (Å²) in [4.78, 5) is 0. The molecule has 1 aromatic rings. The van der Waals surface area contributed by atoms with Gasteiger partial charge in [-0.3, -0.25) is 0 Å². The standard InChI is InChI=1S/C13H20N2O/c16-13(11-4-2-1-3-5-11)10-15-12-6-8-14-9-7-12/h1-5,12-16H,6-10H2/t13-/m0/s1. The molecule has 3 N–H and O–H groups in total. The van der Waals surface area contributed by atoms with Gasteiger partial charge in [0, 0.05) is 12.6 Å². The van der Waals surface area contributed by atoms with E-state index < -0.39 is 6.10 Å². The van der Waals surface area contributed by atoms with Crippen molar-refractivity contribution in [2.75, 3.05) is 19.6 Å². The maximum atomic E-state index is 9.97. The maximum absolute atomic E-state index is 9.97. The largest absolute Gasteiger partial charge is 0.387 e. The molecule has 1 fully saturated rings. The summed E-state index contributed by atoms with van der Waals surface area (Å²) < 4.78 is 0. The summed E-state index contributed by atoms with van der Waals surface area (Å²) in [5.41, 5.74) is 0.990. The third kappa shape index (κ3) is 3.30. The number of aliphatic hydroxyl groups excluding tert-OH is 1. The van der Waals surface area contributed by atoms with Gasteiger partial charge >= 0.3 is 0 Å². The van der Waals surface area contributed by atoms with E-state index in [1.165, 1.54) is 0 Å². The molecule has 0 aromatic heterocycles. The van der Waals surface area contributed by atoms with Crippen LogP contribution in [0.4, 0.5) is 0 Å². The molecule has 16 heavy (non-hydrogen) atoms. The second kappa shape index (κ2) is 5.99. The summed E-state index contributed by atoms with van der Waals surface area (Å²) in [7, 11) is 0. The third-order valence-electron chi connectivity index (χ3n) is 3.12. The second-order valence-electron chi connectivity index (χ2n) is 4.36. The molecule has 1 saturated heterocycles. The number of aliphatic hydroxyl groups is 1. The Morgan fingerprint density at radius 1 is 1.25 bits per heavy atom. The highest BCUT2D eigenvalue weighted by Gasteiger charge is 2.14. The van der Waals surface area contributed by atoms with Crippen molar-refractivity contribution in [1.29, 1.82) is 0 Å². The van der Waals surface area contributed by atoms with Crippen LogP contribution in [0.1, 0.15) is 24.5 Å². The molecule has 1 aromatic carbocycles. The zero-order valence-corrected chi connectivity index (χ0v) is 9.52. The van der Waals surface area contributed by atoms with Gasteiger partial charge in [0.25, 0.3) is 0 Å². The van der Waals surface area contributed by atoms with E-state index in [1.54, 1.807) is 0 Å². The number of piperidine rings is 1. The summed E-state index contributed by atoms with van der Waals surface area (Å²) >= 11 is 0. The van der Waals surface area contributed by atoms with Gasteiger partial charge in [0.1, 0.15) is 0 Å². The molecule has 2 rings (SSSR count). The summed E-state index contributed by atoms with van der Waals surface area (Å²) in [6.07, 6.45) is 1.92. The SMILES string of the molecule is O[C@@H](CNC1CCNCC1)c1ccccc1. The van der Waals surface area contributed by atoms with Crippen LogP contribution in [0.25, 0.3) is 0 Å². The van der Waals surface area contributed by atoms with Gasteiger partial charge in [-0.25, -0.2) is 0 Å². The molecule has 0 saturated carbocycles. The van der Waals surface area contributed by atoms with E-state index in [-0.39, 0.29) is 0 Å². The Morgan fingerprint density at radius 3 is 2.62 bits per heavy atom. The third-order valence-corrected chi connectivity index (χ3v) is 3.12. The zero-order valence-electron chi connectivity index (χ0n) is 9.52. The molecule has 0 amide bonds. The fraction of sp³-hybridized carbons (Fsp3) is 0.538. The molecule has 0 aliphatic carbocycles. The Labute approximate surface area is 96.9 Å². The summed E-state index contributed by atoms with van der Waals surface area (Å²) in [6, 6.07) is 10.4. The minimum Gasteiger partial charge on any atom is -0.387 e. The van der Waals surface area contributed by atoms with Crippen LogP contribution in [-0.4, -0.2) is 30.8 Å². The van der Waals surface area contributed by atoms with Crippen LogP contribution in [0.3, 0.4) is 0 Å². The molecular weight excluding hydrogens is 200 g/mol. The van der Waals surface area contributed by atoms with Crippen LogP contribution >= 0.6 is 0 Å². The van der Waals surface area contributed by atoms with Crippen molar-refractivity contribution in [3.8, 4) is 0 Å². The van der Waals surface area contributed by atoms with E-state index in [4.69, 9.17) is 0 Å². The lowest BCUT2D eigenvalue weighted by molar-refractivity contribution is 0.166. The van der Waals surface area contributed by atoms with Gasteiger partial charge in [0.2, 0.25) is 0 Å². The van der Waals surface area contributed by atoms with Crippen LogP contribution < -0.4 is 10.6 Å². The monoisotopic (exact) mass is 220 g/mol. The first-order valence-electron chi connectivity index (χ1n) is 6.03. The minimum atomic E-state index is -0.393. The molecule has 3 nitrogen and oxygen atoms in total. The molecule has 1 aliphatic rings. The van der Waals surface area contributed by atoms with Crippen LogP contribution in [0.15, 0.2) is 30.3 Å². The average molecular weight is 220 g/mol. The molecule has 0 spiro atoms. The van der Waals surface area contributed by atoms with Crippen LogP contribution in [0.5, 0.6) is 0 Å². The highest BCUT2D eigenvalue weighted by atomic mass is 16.3. The normalized spacial score (nSPS) is 19.6. The fourth-order valence-electron chi connectivity index (χ4n) is 2.10. The van der Waals surface area contributed by atoms with Crippen LogP contribution in [0, 0.1) is 0 Å². The first kappa shape index (κ1) is 11.6. The number of benzene rings is 1. The van der Waals surface area contributed by atoms with Crippen molar-refractivity contribution in [2.24, 2.45) is 0 Å². The molecule has 3 heteroatoms. The lowest BCUT2D eigenvalue weighted by Crippen LogP contribution is -2.41. The minimum absolute atomic E-state index is 0.393. The molecule has 1 aliphatic heterocycles. The van der Waals surface area contributed by atoms with Gasteiger partial charge in [-0.1, -0.05) is 30.3 Å². The van der Waals surface area contributed by atoms with E-state index in [2.05, 4.69) is 10.6 Å². The maximum Gasteiger partial charge on any atom is 0.0914 e. The van der Waals surface area contributed by atoms with Crippen molar-refractivity contribution in [2.45, 2.75) is 25.0 Å². The van der Waals surface area contributed by atoms with E-state index >= 15 is 0 Å². The molecule has 0 radical (unpaired) electrons. The Hall–Kier alpha value is -0.900. The smallest absolute Gasteiger partial charge is 0.0914 e. The number of nitrogens with one attached hydrogen (secondary N) is 2. The van der Waals surface area contributed by atoms with Gasteiger partial charge in [0.05, 0.1) is 6.10 Å². The fourth-order valence-corrected chi connectivity index (χ4v) is 2.10. The topological polar surface area (TPSA) is 44.3 Å². The lowest BCUT2D eigenvalue weighted by atomic mass is 10.1. The lowest BCUT2D eigenvalue weighted by Gasteiger charge is -2.25. The second-order valence-corrected chi connectivity index (χ2v) is 4.36. The number of hydrogen-bond acceptors (Lipinski definition) is 3. The van der Waals surface area contributed by atoms with E-state index in [9.17, 15) is 5.11 Å². The zero-order chi connectivity index (χ0) is 11.2. The first-order chi connectivity index (χ1) is 7.86. The first-order valence-corrected chi connectivity index (χ1v) is 6.03. The van der Waals surface area contributed by atoms with Crippen LogP contribution in [0.2, 0.25) is 0 Å². The van der Waals surface area contributed by atoms with Crippen molar-refractivity contribution < 1.29 is 5.11 Å². The van der Waals surface area contributed by atoms with Gasteiger partial charge in [-0.2, -0.15) is 0 Å². The van der Waals surface area contributed by atoms with Crippen LogP contribution in [-0.2, 0) is 0 Å². The van der Waals surface area contributed by atoms with Gasteiger partial charge < -0.3 is 15.7 Å². The highest BCUT2D eigenvalue weighted by Crippen LogP contribution is 2.11. The van der Waals surface area contributed by atoms with E-state index in [1.807, 2.05) is 30.3 Å². The number of rotatable bonds is 4. The predicted molar refractivity (Wildman–Crippen MR) is 65.3 cm³/mol. The Kier molecular flexibility index (Phi) is 4.34. The van der Waals surface area contributed by atoms with Crippen molar-refractivity contribution in [1.82, 2.24) is 10.6 Å². The molecule has 1 atom stereocenters. The van der Waals surface area contributed by atoms with Crippen molar-refractivity contribution in [3.63, 3.8) is 0 Å². The molecule has 88 valence electrons. The van der Waals surface area contributed by atoms with Gasteiger partial charge in [-0.15, -0.1) is 0 Å². The predicted octanol–water partition coefficient (Wildman–Crippen LogP) is 1.06. The van der Waals surface area contributed by atoms with E-state index in [0.717, 1.165) is 31.5 Å². The molecular formula is C13H20N2O. The number of hydrogen-bond donors (Lipinski definition) is 3.